The molecule has 1 aliphatic carbocycles. The Morgan fingerprint density at radius 1 is 1.22 bits per heavy atom. The van der Waals surface area contributed by atoms with Crippen LogP contribution in [0.3, 0.4) is 0 Å². The Labute approximate surface area is 217 Å². The van der Waals surface area contributed by atoms with Crippen LogP contribution in [0, 0.1) is 31.1 Å². The van der Waals surface area contributed by atoms with Gasteiger partial charge in [-0.05, 0) is 69.2 Å². The third-order valence-corrected chi connectivity index (χ3v) is 7.79. The zero-order valence-corrected chi connectivity index (χ0v) is 21.7. The van der Waals surface area contributed by atoms with Gasteiger partial charge in [0.05, 0.1) is 47.0 Å². The van der Waals surface area contributed by atoms with E-state index in [-0.39, 0.29) is 29.8 Å². The molecule has 8 nitrogen and oxygen atoms in total. The molecule has 0 radical (unpaired) electrons. The molecule has 1 aliphatic heterocycles. The first kappa shape index (κ1) is 24.7. The lowest BCUT2D eigenvalue weighted by atomic mass is 9.74. The van der Waals surface area contributed by atoms with Crippen molar-refractivity contribution in [3.05, 3.63) is 76.4 Å². The Hall–Kier alpha value is -3.99. The molecular formula is C29H32N6O2. The van der Waals surface area contributed by atoms with Crippen LogP contribution >= 0.6 is 0 Å². The first-order valence-electron chi connectivity index (χ1n) is 12.9. The molecule has 1 unspecified atom stereocenters. The minimum Gasteiger partial charge on any atom is -0.349 e. The van der Waals surface area contributed by atoms with E-state index in [2.05, 4.69) is 27.5 Å². The number of carbonyl (C=O) groups excluding carboxylic acids is 2. The van der Waals surface area contributed by atoms with Crippen molar-refractivity contribution in [3.63, 3.8) is 0 Å². The predicted octanol–water partition coefficient (Wildman–Crippen LogP) is 4.42. The Balaban J connectivity index is 1.21. The number of nitriles is 1. The molecule has 190 valence electrons. The van der Waals surface area contributed by atoms with Crippen LogP contribution in [-0.4, -0.2) is 39.2 Å². The van der Waals surface area contributed by atoms with Crippen LogP contribution in [0.5, 0.6) is 0 Å². The number of aryl methyl sites for hydroxylation is 2. The molecule has 8 heteroatoms. The second-order valence-corrected chi connectivity index (χ2v) is 10.5. The highest BCUT2D eigenvalue weighted by molar-refractivity contribution is 5.97. The molecule has 3 aromatic rings. The first-order chi connectivity index (χ1) is 17.7. The number of hydrogen-bond donors (Lipinski definition) is 1. The van der Waals surface area contributed by atoms with E-state index in [9.17, 15) is 14.9 Å². The lowest BCUT2D eigenvalue weighted by Gasteiger charge is -2.36. The van der Waals surface area contributed by atoms with Gasteiger partial charge >= 0.3 is 0 Å². The van der Waals surface area contributed by atoms with E-state index in [0.717, 1.165) is 53.9 Å². The van der Waals surface area contributed by atoms with Crippen LogP contribution in [0.2, 0.25) is 0 Å². The number of rotatable bonds is 6. The summed E-state index contributed by atoms with van der Waals surface area (Å²) < 4.78 is 1.75. The number of carbonyl (C=O) groups is 2. The van der Waals surface area contributed by atoms with Crippen LogP contribution in [0.1, 0.15) is 83.4 Å². The van der Waals surface area contributed by atoms with Crippen LogP contribution in [0.15, 0.2) is 42.9 Å². The molecule has 1 N–H and O–H groups in total. The van der Waals surface area contributed by atoms with E-state index in [0.29, 0.717) is 17.0 Å². The van der Waals surface area contributed by atoms with Crippen LogP contribution < -0.4 is 10.2 Å². The molecule has 2 atom stereocenters. The van der Waals surface area contributed by atoms with Crippen molar-refractivity contribution in [3.8, 4) is 6.07 Å². The van der Waals surface area contributed by atoms with Gasteiger partial charge in [0.1, 0.15) is 0 Å². The molecule has 3 heterocycles. The van der Waals surface area contributed by atoms with Gasteiger partial charge in [-0.3, -0.25) is 19.3 Å². The lowest BCUT2D eigenvalue weighted by Crippen LogP contribution is -2.43. The Bertz CT molecular complexity index is 1400. The maximum atomic E-state index is 12.9. The number of aromatic nitrogens is 3. The summed E-state index contributed by atoms with van der Waals surface area (Å²) in [5.41, 5.74) is 6.10. The second kappa shape index (κ2) is 9.81. The Kier molecular flexibility index (Phi) is 6.55. The summed E-state index contributed by atoms with van der Waals surface area (Å²) in [6, 6.07) is 10.1. The van der Waals surface area contributed by atoms with Gasteiger partial charge in [-0.25, -0.2) is 0 Å². The topological polar surface area (TPSA) is 104 Å². The summed E-state index contributed by atoms with van der Waals surface area (Å²) in [4.78, 5) is 31.7. The van der Waals surface area contributed by atoms with E-state index in [1.165, 1.54) is 0 Å². The van der Waals surface area contributed by atoms with Gasteiger partial charge in [-0.1, -0.05) is 24.6 Å². The maximum absolute atomic E-state index is 12.9. The van der Waals surface area contributed by atoms with Crippen molar-refractivity contribution < 1.29 is 9.59 Å². The fourth-order valence-electron chi connectivity index (χ4n) is 5.41. The number of benzene rings is 1. The smallest absolute Gasteiger partial charge is 0.254 e. The van der Waals surface area contributed by atoms with Gasteiger partial charge in [-0.15, -0.1) is 0 Å². The minimum absolute atomic E-state index is 0.0518. The van der Waals surface area contributed by atoms with Crippen LogP contribution in [0.4, 0.5) is 5.69 Å². The number of hydrogen-bond acceptors (Lipinski definition) is 5. The minimum atomic E-state index is -0.164. The molecule has 2 fully saturated rings. The van der Waals surface area contributed by atoms with Gasteiger partial charge in [0, 0.05) is 24.7 Å². The normalized spacial score (nSPS) is 21.9. The van der Waals surface area contributed by atoms with Gasteiger partial charge in [-0.2, -0.15) is 10.4 Å². The van der Waals surface area contributed by atoms with Gasteiger partial charge < -0.3 is 10.2 Å². The van der Waals surface area contributed by atoms with Crippen molar-refractivity contribution in [1.29, 1.82) is 5.26 Å². The van der Waals surface area contributed by atoms with E-state index >= 15 is 0 Å². The van der Waals surface area contributed by atoms with E-state index in [4.69, 9.17) is 0 Å². The van der Waals surface area contributed by atoms with Crippen LogP contribution in [0.25, 0.3) is 0 Å². The second-order valence-electron chi connectivity index (χ2n) is 10.5. The van der Waals surface area contributed by atoms with E-state index in [1.54, 1.807) is 28.2 Å². The van der Waals surface area contributed by atoms with Crippen molar-refractivity contribution in [2.24, 2.45) is 5.92 Å². The quantitative estimate of drug-likeness (QED) is 0.544. The number of pyridine rings is 1. The molecule has 1 aromatic carbocycles. The summed E-state index contributed by atoms with van der Waals surface area (Å²) in [5.74, 6) is 0.342. The van der Waals surface area contributed by atoms with Crippen molar-refractivity contribution in [2.45, 2.75) is 65.0 Å². The molecule has 2 aliphatic rings. The highest BCUT2D eigenvalue weighted by atomic mass is 16.2. The molecule has 2 aromatic heterocycles. The molecule has 2 amide bonds. The number of nitrogens with zero attached hydrogens (tertiary/aromatic N) is 5. The summed E-state index contributed by atoms with van der Waals surface area (Å²) >= 11 is 0. The molecule has 0 spiro atoms. The first-order valence-corrected chi connectivity index (χ1v) is 12.9. The van der Waals surface area contributed by atoms with Crippen molar-refractivity contribution in [2.75, 3.05) is 11.4 Å². The Morgan fingerprint density at radius 2 is 2.00 bits per heavy atom. The van der Waals surface area contributed by atoms with Gasteiger partial charge in [0.15, 0.2) is 0 Å². The molecule has 0 bridgehead atoms. The average molecular weight is 497 g/mol. The standard InChI is InChI=1S/C29H32N6O2/c1-17-5-6-21(13-30)26(9-17)22-11-24(12-22)33-28(36)23-14-32-35(16-23)20(4)27-19(3)10-25(15-31-27)34-8-7-18(2)29(34)37/h5-6,9-10,14-16,18,20,22,24H,7-8,11-12H2,1-4H3,(H,33,36)/t18-,20?,22-,24+/m0/s1. The van der Waals surface area contributed by atoms with Crippen molar-refractivity contribution in [1.82, 2.24) is 20.1 Å². The van der Waals surface area contributed by atoms with Crippen molar-refractivity contribution >= 4 is 17.5 Å². The van der Waals surface area contributed by atoms with E-state index < -0.39 is 0 Å². The fourth-order valence-corrected chi connectivity index (χ4v) is 5.41. The summed E-state index contributed by atoms with van der Waals surface area (Å²) in [6.07, 6.45) is 7.60. The number of anilines is 1. The third-order valence-electron chi connectivity index (χ3n) is 7.79. The zero-order chi connectivity index (χ0) is 26.3. The molecule has 5 rings (SSSR count). The zero-order valence-electron chi connectivity index (χ0n) is 21.7. The Morgan fingerprint density at radius 3 is 2.68 bits per heavy atom. The fraction of sp³-hybridized carbons (Fsp3) is 0.414. The highest BCUT2D eigenvalue weighted by Crippen LogP contribution is 2.39. The third kappa shape index (κ3) is 4.74. The molecule has 37 heavy (non-hydrogen) atoms. The number of amides is 2. The summed E-state index contributed by atoms with van der Waals surface area (Å²) in [7, 11) is 0. The van der Waals surface area contributed by atoms with Gasteiger partial charge in [0.25, 0.3) is 5.91 Å². The monoisotopic (exact) mass is 496 g/mol. The maximum Gasteiger partial charge on any atom is 0.254 e. The molecular weight excluding hydrogens is 464 g/mol. The predicted molar refractivity (Wildman–Crippen MR) is 140 cm³/mol. The summed E-state index contributed by atoms with van der Waals surface area (Å²) in [6.45, 7) is 8.70. The average Bonchev–Trinajstić information content (AvgIpc) is 3.48. The molecule has 1 saturated carbocycles. The summed E-state index contributed by atoms with van der Waals surface area (Å²) in [5, 5.41) is 17.0. The SMILES string of the molecule is Cc1ccc(C#N)c([C@H]2C[C@@H](NC(=O)c3cnn(C(C)c4ncc(N5CC[C@H](C)C5=O)cc4C)c3)C2)c1. The largest absolute Gasteiger partial charge is 0.349 e. The van der Waals surface area contributed by atoms with Crippen LogP contribution in [-0.2, 0) is 4.79 Å². The highest BCUT2D eigenvalue weighted by Gasteiger charge is 2.33. The molecule has 1 saturated heterocycles. The number of nitrogens with one attached hydrogen (secondary N) is 1. The van der Waals surface area contributed by atoms with E-state index in [1.807, 2.05) is 45.9 Å². The lowest BCUT2D eigenvalue weighted by molar-refractivity contribution is -0.119. The van der Waals surface area contributed by atoms with Gasteiger partial charge in [0.2, 0.25) is 5.91 Å².